The summed E-state index contributed by atoms with van der Waals surface area (Å²) in [5.41, 5.74) is 1.32. The van der Waals surface area contributed by atoms with Crippen molar-refractivity contribution in [1.29, 1.82) is 0 Å². The van der Waals surface area contributed by atoms with E-state index in [4.69, 9.17) is 0 Å². The van der Waals surface area contributed by atoms with Crippen LogP contribution >= 0.6 is 0 Å². The first-order valence-electron chi connectivity index (χ1n) is 10.9. The van der Waals surface area contributed by atoms with Crippen LogP contribution in [0.3, 0.4) is 0 Å². The van der Waals surface area contributed by atoms with E-state index < -0.39 is 15.7 Å². The molecule has 1 aromatic heterocycles. The number of amides is 1. The Balaban J connectivity index is 1.50. The van der Waals surface area contributed by atoms with Crippen molar-refractivity contribution in [2.24, 2.45) is 0 Å². The molecule has 1 amide bonds. The molecule has 0 saturated carbocycles. The van der Waals surface area contributed by atoms with Crippen LogP contribution in [-0.4, -0.2) is 64.6 Å². The molecule has 1 fully saturated rings. The van der Waals surface area contributed by atoms with Gasteiger partial charge in [0.15, 0.2) is 0 Å². The van der Waals surface area contributed by atoms with Crippen molar-refractivity contribution in [2.75, 3.05) is 31.9 Å². The molecule has 1 saturated heterocycles. The van der Waals surface area contributed by atoms with Gasteiger partial charge in [0, 0.05) is 32.7 Å². The van der Waals surface area contributed by atoms with Gasteiger partial charge in [0.05, 0.1) is 16.8 Å². The van der Waals surface area contributed by atoms with Gasteiger partial charge < -0.3 is 4.90 Å². The topological polar surface area (TPSA) is 84.6 Å². The number of carbonyl (C=O) groups excluding carboxylic acids is 1. The molecule has 1 aliphatic heterocycles. The van der Waals surface area contributed by atoms with Gasteiger partial charge in [0.2, 0.25) is 15.9 Å². The maximum atomic E-state index is 13.1. The third-order valence-electron chi connectivity index (χ3n) is 5.80. The summed E-state index contributed by atoms with van der Waals surface area (Å²) in [6, 6.07) is 16.9. The first-order chi connectivity index (χ1) is 15.4. The molecule has 170 valence electrons. The Labute approximate surface area is 187 Å². The van der Waals surface area contributed by atoms with Gasteiger partial charge in [-0.25, -0.2) is 13.2 Å². The highest BCUT2D eigenvalue weighted by atomic mass is 32.2. The minimum absolute atomic E-state index is 0.127. The van der Waals surface area contributed by atoms with Crippen molar-refractivity contribution in [1.82, 2.24) is 18.3 Å². The zero-order valence-electron chi connectivity index (χ0n) is 18.2. The lowest BCUT2D eigenvalue weighted by atomic mass is 10.2. The van der Waals surface area contributed by atoms with E-state index in [9.17, 15) is 18.0 Å². The predicted octanol–water partition coefficient (Wildman–Crippen LogP) is 1.74. The second-order valence-electron chi connectivity index (χ2n) is 8.08. The van der Waals surface area contributed by atoms with Crippen LogP contribution in [0.15, 0.2) is 59.4 Å². The van der Waals surface area contributed by atoms with Crippen LogP contribution in [0.4, 0.5) is 0 Å². The number of para-hydroxylation sites is 2. The maximum absolute atomic E-state index is 13.1. The fourth-order valence-corrected chi connectivity index (χ4v) is 5.67. The highest BCUT2D eigenvalue weighted by Crippen LogP contribution is 2.16. The summed E-state index contributed by atoms with van der Waals surface area (Å²) in [7, 11) is -3.79. The molecular formula is C23H28N4O4S. The molecule has 0 radical (unpaired) electrons. The van der Waals surface area contributed by atoms with Crippen LogP contribution in [-0.2, 0) is 27.9 Å². The van der Waals surface area contributed by atoms with Crippen LogP contribution in [0.2, 0.25) is 0 Å². The highest BCUT2D eigenvalue weighted by Gasteiger charge is 2.26. The summed E-state index contributed by atoms with van der Waals surface area (Å²) in [5.74, 6) is -0.305. The van der Waals surface area contributed by atoms with E-state index in [2.05, 4.69) is 17.0 Å². The third-order valence-corrected chi connectivity index (χ3v) is 7.64. The number of aromatic nitrogens is 2. The Morgan fingerprint density at radius 1 is 0.906 bits per heavy atom. The number of hydrogen-bond donors (Lipinski definition) is 0. The lowest BCUT2D eigenvalue weighted by molar-refractivity contribution is -0.133. The number of carbonyl (C=O) groups is 1. The molecule has 8 nitrogen and oxygen atoms in total. The first-order valence-corrected chi connectivity index (χ1v) is 12.5. The standard InChI is InChI=1S/C23H28N4O4S/c1-2-16-32(30,31)27-21-11-7-6-10-20(21)26(23(27)29)18-22(28)25-14-12-24(13-15-25)17-19-8-4-3-5-9-19/h3-11H,2,12-18H2,1H3. The summed E-state index contributed by atoms with van der Waals surface area (Å²) in [5, 5.41) is 0. The Kier molecular flexibility index (Phi) is 6.48. The van der Waals surface area contributed by atoms with E-state index >= 15 is 0 Å². The van der Waals surface area contributed by atoms with E-state index in [1.165, 1.54) is 10.1 Å². The number of piperazine rings is 1. The Hall–Kier alpha value is -2.91. The largest absolute Gasteiger partial charge is 0.343 e. The van der Waals surface area contributed by atoms with E-state index in [0.717, 1.165) is 23.6 Å². The van der Waals surface area contributed by atoms with Gasteiger partial charge >= 0.3 is 5.69 Å². The zero-order chi connectivity index (χ0) is 22.7. The van der Waals surface area contributed by atoms with Gasteiger partial charge in [-0.3, -0.25) is 14.3 Å². The van der Waals surface area contributed by atoms with E-state index in [-0.39, 0.29) is 18.2 Å². The van der Waals surface area contributed by atoms with Gasteiger partial charge in [-0.05, 0) is 24.1 Å². The van der Waals surface area contributed by atoms with Gasteiger partial charge in [0.1, 0.15) is 6.54 Å². The summed E-state index contributed by atoms with van der Waals surface area (Å²) in [6.45, 7) is 5.07. The first kappa shape index (κ1) is 22.3. The molecule has 32 heavy (non-hydrogen) atoms. The van der Waals surface area contributed by atoms with Gasteiger partial charge in [-0.15, -0.1) is 0 Å². The molecule has 9 heteroatoms. The summed E-state index contributed by atoms with van der Waals surface area (Å²) in [6.07, 6.45) is 0.403. The number of benzene rings is 2. The second kappa shape index (κ2) is 9.30. The molecular weight excluding hydrogens is 428 g/mol. The van der Waals surface area contributed by atoms with Crippen LogP contribution in [0, 0.1) is 0 Å². The number of imidazole rings is 1. The minimum Gasteiger partial charge on any atom is -0.339 e. The van der Waals surface area contributed by atoms with Crippen molar-refractivity contribution in [3.8, 4) is 0 Å². The quantitative estimate of drug-likeness (QED) is 0.541. The zero-order valence-corrected chi connectivity index (χ0v) is 19.0. The normalized spacial score (nSPS) is 15.3. The molecule has 3 aromatic rings. The average Bonchev–Trinajstić information content (AvgIpc) is 3.07. The Morgan fingerprint density at radius 3 is 2.19 bits per heavy atom. The van der Waals surface area contributed by atoms with Crippen molar-refractivity contribution < 1.29 is 13.2 Å². The van der Waals surface area contributed by atoms with Gasteiger partial charge in [-0.1, -0.05) is 49.4 Å². The average molecular weight is 457 g/mol. The minimum atomic E-state index is -3.79. The molecule has 0 N–H and O–H groups in total. The number of rotatable bonds is 7. The third kappa shape index (κ3) is 4.49. The smallest absolute Gasteiger partial charge is 0.339 e. The fourth-order valence-electron chi connectivity index (χ4n) is 4.18. The maximum Gasteiger partial charge on any atom is 0.343 e. The summed E-state index contributed by atoms with van der Waals surface area (Å²) < 4.78 is 27.5. The molecule has 0 aliphatic carbocycles. The van der Waals surface area contributed by atoms with Crippen LogP contribution in [0.5, 0.6) is 0 Å². The van der Waals surface area contributed by atoms with E-state index in [0.29, 0.717) is 30.5 Å². The van der Waals surface area contributed by atoms with Crippen LogP contribution in [0.25, 0.3) is 11.0 Å². The van der Waals surface area contributed by atoms with Crippen molar-refractivity contribution in [3.63, 3.8) is 0 Å². The van der Waals surface area contributed by atoms with Gasteiger partial charge in [-0.2, -0.15) is 3.97 Å². The Bertz CT molecular complexity index is 1260. The van der Waals surface area contributed by atoms with Crippen LogP contribution < -0.4 is 5.69 Å². The summed E-state index contributed by atoms with van der Waals surface area (Å²) >= 11 is 0. The van der Waals surface area contributed by atoms with Gasteiger partial charge in [0.25, 0.3) is 0 Å². The fraction of sp³-hybridized carbons (Fsp3) is 0.391. The second-order valence-corrected chi connectivity index (χ2v) is 10.0. The molecule has 1 aliphatic rings. The molecule has 0 spiro atoms. The lowest BCUT2D eigenvalue weighted by Gasteiger charge is -2.34. The van der Waals surface area contributed by atoms with Crippen LogP contribution in [0.1, 0.15) is 18.9 Å². The SMILES string of the molecule is CCCS(=O)(=O)n1c(=O)n(CC(=O)N2CCN(Cc3ccccc3)CC2)c2ccccc21. The predicted molar refractivity (Wildman–Crippen MR) is 124 cm³/mol. The van der Waals surface area contributed by atoms with Crippen molar-refractivity contribution >= 4 is 27.0 Å². The van der Waals surface area contributed by atoms with Crippen molar-refractivity contribution in [3.05, 3.63) is 70.6 Å². The highest BCUT2D eigenvalue weighted by molar-refractivity contribution is 7.90. The number of fused-ring (bicyclic) bond motifs is 1. The van der Waals surface area contributed by atoms with Crippen molar-refractivity contribution in [2.45, 2.75) is 26.4 Å². The van der Waals surface area contributed by atoms with E-state index in [1.54, 1.807) is 36.1 Å². The van der Waals surface area contributed by atoms with E-state index in [1.807, 2.05) is 18.2 Å². The summed E-state index contributed by atoms with van der Waals surface area (Å²) in [4.78, 5) is 30.1. The monoisotopic (exact) mass is 456 g/mol. The lowest BCUT2D eigenvalue weighted by Crippen LogP contribution is -2.49. The molecule has 0 bridgehead atoms. The molecule has 0 unspecified atom stereocenters. The number of nitrogens with zero attached hydrogens (tertiary/aromatic N) is 4. The Morgan fingerprint density at radius 2 is 1.53 bits per heavy atom. The molecule has 4 rings (SSSR count). The molecule has 0 atom stereocenters. The molecule has 2 heterocycles. The number of hydrogen-bond acceptors (Lipinski definition) is 5. The molecule has 2 aromatic carbocycles.